The van der Waals surface area contributed by atoms with E-state index in [-0.39, 0.29) is 5.91 Å². The Hall–Kier alpha value is -2.10. The molecule has 5 rings (SSSR count). The fourth-order valence-electron chi connectivity index (χ4n) is 6.66. The lowest BCUT2D eigenvalue weighted by Crippen LogP contribution is -2.49. The highest BCUT2D eigenvalue weighted by Gasteiger charge is 2.39. The van der Waals surface area contributed by atoms with Crippen molar-refractivity contribution in [3.05, 3.63) is 35.0 Å². The van der Waals surface area contributed by atoms with Gasteiger partial charge in [0.2, 0.25) is 5.95 Å². The van der Waals surface area contributed by atoms with Crippen LogP contribution < -0.4 is 15.4 Å². The maximum atomic E-state index is 13.4. The number of carbonyl (C=O) groups is 1. The van der Waals surface area contributed by atoms with Crippen molar-refractivity contribution >= 4 is 50.9 Å². The molecule has 10 heteroatoms. The zero-order chi connectivity index (χ0) is 28.1. The fourth-order valence-corrected chi connectivity index (χ4v) is 7.49. The molecule has 3 heterocycles. The van der Waals surface area contributed by atoms with Crippen LogP contribution in [0.3, 0.4) is 0 Å². The fraction of sp³-hybridized carbons (Fsp3) is 0.633. The first kappa shape index (κ1) is 29.4. The number of anilines is 3. The lowest BCUT2D eigenvalue weighted by atomic mass is 9.71. The van der Waals surface area contributed by atoms with Crippen molar-refractivity contribution in [2.75, 3.05) is 62.8 Å². The second-order valence-corrected chi connectivity index (χ2v) is 12.9. The topological polar surface area (TPSA) is 82.6 Å². The largest absolute Gasteiger partial charge is 0.495 e. The molecule has 1 amide bonds. The van der Waals surface area contributed by atoms with Crippen molar-refractivity contribution in [2.24, 2.45) is 17.3 Å². The van der Waals surface area contributed by atoms with Gasteiger partial charge in [0.05, 0.1) is 19.0 Å². The van der Waals surface area contributed by atoms with E-state index in [1.807, 2.05) is 17.0 Å². The van der Waals surface area contributed by atoms with Gasteiger partial charge in [-0.25, -0.2) is 4.98 Å². The molecule has 0 unspecified atom stereocenters. The number of methoxy groups -OCH3 is 1. The highest BCUT2D eigenvalue weighted by molar-refractivity contribution is 9.09. The Morgan fingerprint density at radius 1 is 1.10 bits per heavy atom. The minimum absolute atomic E-state index is 0.0661. The van der Waals surface area contributed by atoms with Crippen molar-refractivity contribution < 1.29 is 9.53 Å². The minimum Gasteiger partial charge on any atom is -0.495 e. The lowest BCUT2D eigenvalue weighted by molar-refractivity contribution is 0.0248. The Morgan fingerprint density at radius 3 is 2.42 bits per heavy atom. The van der Waals surface area contributed by atoms with Crippen LogP contribution in [0, 0.1) is 17.3 Å². The molecular formula is C30H42BrClN6O2. The average Bonchev–Trinajstić information content (AvgIpc) is 3.00. The van der Waals surface area contributed by atoms with Crippen LogP contribution in [0.25, 0.3) is 0 Å². The Bertz CT molecular complexity index is 1160. The first-order chi connectivity index (χ1) is 19.4. The van der Waals surface area contributed by atoms with Crippen molar-refractivity contribution in [3.63, 3.8) is 0 Å². The van der Waals surface area contributed by atoms with Crippen LogP contribution in [0.4, 0.5) is 17.5 Å². The van der Waals surface area contributed by atoms with E-state index < -0.39 is 0 Å². The predicted molar refractivity (Wildman–Crippen MR) is 165 cm³/mol. The van der Waals surface area contributed by atoms with E-state index in [1.165, 1.54) is 69.7 Å². The van der Waals surface area contributed by atoms with Crippen LogP contribution in [0.15, 0.2) is 24.4 Å². The minimum atomic E-state index is 0.0661. The third kappa shape index (κ3) is 6.85. The summed E-state index contributed by atoms with van der Waals surface area (Å²) in [5, 5.41) is 7.72. The van der Waals surface area contributed by atoms with E-state index in [2.05, 4.69) is 41.4 Å². The molecule has 218 valence electrons. The van der Waals surface area contributed by atoms with Gasteiger partial charge in [-0.3, -0.25) is 4.79 Å². The van der Waals surface area contributed by atoms with Gasteiger partial charge in [0.25, 0.3) is 5.91 Å². The predicted octanol–water partition coefficient (Wildman–Crippen LogP) is 6.44. The van der Waals surface area contributed by atoms with Crippen molar-refractivity contribution in [2.45, 2.75) is 51.4 Å². The number of alkyl halides is 1. The normalized spacial score (nSPS) is 23.1. The smallest absolute Gasteiger partial charge is 0.253 e. The highest BCUT2D eigenvalue weighted by Crippen LogP contribution is 2.42. The summed E-state index contributed by atoms with van der Waals surface area (Å²) in [6.45, 7) is 5.35. The molecule has 0 radical (unpaired) electrons. The molecule has 40 heavy (non-hydrogen) atoms. The number of ether oxygens (including phenoxy) is 1. The third-order valence-electron chi connectivity index (χ3n) is 9.40. The van der Waals surface area contributed by atoms with Crippen LogP contribution >= 0.6 is 27.5 Å². The standard InChI is InChI=1S/C30H42BrClN6O2/c1-33-27-24(32)19-34-29(36-27)35-25-8-7-23(17-26(25)40-2)28(39)38-15-11-30(12-16-38)9-13-37(14-10-30)20-22-5-3-21(18-31)4-6-22/h7-8,17,19,21-22H,3-6,9-16,18,20H2,1-2H3,(H2,33,34,35,36)/t21-,22-. The molecule has 8 nitrogen and oxygen atoms in total. The molecule has 0 atom stereocenters. The van der Waals surface area contributed by atoms with E-state index in [9.17, 15) is 4.79 Å². The van der Waals surface area contributed by atoms with Crippen LogP contribution in [-0.2, 0) is 0 Å². The summed E-state index contributed by atoms with van der Waals surface area (Å²) in [4.78, 5) is 26.8. The zero-order valence-electron chi connectivity index (χ0n) is 23.7. The molecule has 2 saturated heterocycles. The second kappa shape index (κ2) is 13.3. The van der Waals surface area contributed by atoms with E-state index in [0.29, 0.717) is 39.2 Å². The summed E-state index contributed by atoms with van der Waals surface area (Å²) in [6, 6.07) is 5.49. The van der Waals surface area contributed by atoms with E-state index in [0.717, 1.165) is 37.8 Å². The van der Waals surface area contributed by atoms with Crippen molar-refractivity contribution in [1.29, 1.82) is 0 Å². The molecule has 2 aliphatic heterocycles. The van der Waals surface area contributed by atoms with E-state index in [1.54, 1.807) is 20.2 Å². The number of aromatic nitrogens is 2. The van der Waals surface area contributed by atoms with Gasteiger partial charge in [0.15, 0.2) is 0 Å². The number of nitrogens with zero attached hydrogens (tertiary/aromatic N) is 4. The van der Waals surface area contributed by atoms with Crippen LogP contribution in [0.1, 0.15) is 61.7 Å². The number of halogens is 2. The van der Waals surface area contributed by atoms with E-state index in [4.69, 9.17) is 16.3 Å². The van der Waals surface area contributed by atoms with Crippen LogP contribution in [0.5, 0.6) is 5.75 Å². The first-order valence-electron chi connectivity index (χ1n) is 14.6. The molecule has 2 aromatic rings. The van der Waals surface area contributed by atoms with Gasteiger partial charge in [-0.05, 0) is 99.9 Å². The van der Waals surface area contributed by atoms with Gasteiger partial charge in [0, 0.05) is 37.6 Å². The number of hydrogen-bond donors (Lipinski definition) is 2. The molecule has 3 fully saturated rings. The van der Waals surface area contributed by atoms with Gasteiger partial charge in [-0.1, -0.05) is 27.5 Å². The average molecular weight is 634 g/mol. The van der Waals surface area contributed by atoms with E-state index >= 15 is 0 Å². The summed E-state index contributed by atoms with van der Waals surface area (Å²) in [7, 11) is 3.35. The van der Waals surface area contributed by atoms with Crippen molar-refractivity contribution in [3.8, 4) is 5.75 Å². The lowest BCUT2D eigenvalue weighted by Gasteiger charge is -2.47. The molecular weight excluding hydrogens is 592 g/mol. The molecule has 2 N–H and O–H groups in total. The molecule has 1 aromatic heterocycles. The van der Waals surface area contributed by atoms with Crippen LogP contribution in [-0.4, -0.2) is 77.9 Å². The molecule has 1 saturated carbocycles. The first-order valence-corrected chi connectivity index (χ1v) is 16.1. The van der Waals surface area contributed by atoms with Gasteiger partial charge in [0.1, 0.15) is 16.6 Å². The number of amides is 1. The Morgan fingerprint density at radius 2 is 1.77 bits per heavy atom. The Balaban J connectivity index is 1.13. The Labute approximate surface area is 251 Å². The highest BCUT2D eigenvalue weighted by atomic mass is 79.9. The number of likely N-dealkylation sites (tertiary alicyclic amines) is 2. The number of carbonyl (C=O) groups excluding carboxylic acids is 1. The maximum absolute atomic E-state index is 13.4. The molecule has 3 aliphatic rings. The SMILES string of the molecule is CNc1nc(Nc2ccc(C(=O)N3CCC4(CCN(C[C@H]5CC[C@H](CBr)CC5)CC4)CC3)cc2OC)ncc1Cl. The maximum Gasteiger partial charge on any atom is 0.253 e. The van der Waals surface area contributed by atoms with Gasteiger partial charge in [-0.15, -0.1) is 0 Å². The van der Waals surface area contributed by atoms with Crippen molar-refractivity contribution in [1.82, 2.24) is 19.8 Å². The van der Waals surface area contributed by atoms with Gasteiger partial charge < -0.3 is 25.2 Å². The molecule has 1 aromatic carbocycles. The molecule has 1 aliphatic carbocycles. The molecule has 1 spiro atoms. The summed E-state index contributed by atoms with van der Waals surface area (Å²) in [5.41, 5.74) is 1.72. The van der Waals surface area contributed by atoms with Gasteiger partial charge >= 0.3 is 0 Å². The monoisotopic (exact) mass is 632 g/mol. The number of rotatable bonds is 8. The Kier molecular flexibility index (Phi) is 9.74. The van der Waals surface area contributed by atoms with Gasteiger partial charge in [-0.2, -0.15) is 4.98 Å². The molecule has 0 bridgehead atoms. The quantitative estimate of drug-likeness (QED) is 0.324. The summed E-state index contributed by atoms with van der Waals surface area (Å²) in [5.74, 6) is 3.33. The number of nitrogens with one attached hydrogen (secondary N) is 2. The number of piperidine rings is 2. The summed E-state index contributed by atoms with van der Waals surface area (Å²) < 4.78 is 5.60. The summed E-state index contributed by atoms with van der Waals surface area (Å²) >= 11 is 9.77. The summed E-state index contributed by atoms with van der Waals surface area (Å²) in [6.07, 6.45) is 11.8. The zero-order valence-corrected chi connectivity index (χ0v) is 26.1. The third-order valence-corrected chi connectivity index (χ3v) is 10.6. The number of benzene rings is 1. The number of hydrogen-bond acceptors (Lipinski definition) is 7. The second-order valence-electron chi connectivity index (χ2n) is 11.8. The van der Waals surface area contributed by atoms with Crippen LogP contribution in [0.2, 0.25) is 5.02 Å².